The lowest BCUT2D eigenvalue weighted by atomic mass is 10.1. The number of benzene rings is 1. The van der Waals surface area contributed by atoms with E-state index in [-0.39, 0.29) is 5.84 Å². The highest BCUT2D eigenvalue weighted by atomic mass is 35.5. The molecule has 2 aromatic rings. The average Bonchev–Trinajstić information content (AvgIpc) is 2.63. The first-order valence-electron chi connectivity index (χ1n) is 4.74. The van der Waals surface area contributed by atoms with E-state index in [1.165, 1.54) is 0 Å². The number of imidazole rings is 1. The Morgan fingerprint density at radius 2 is 2.25 bits per heavy atom. The Kier molecular flexibility index (Phi) is 2.66. The molecule has 0 aliphatic rings. The Balaban J connectivity index is 2.70. The van der Waals surface area contributed by atoms with Crippen molar-refractivity contribution < 1.29 is 0 Å². The highest BCUT2D eigenvalue weighted by Gasteiger charge is 2.12. The van der Waals surface area contributed by atoms with Crippen LogP contribution < -0.4 is 5.73 Å². The van der Waals surface area contributed by atoms with Gasteiger partial charge in [0.1, 0.15) is 11.7 Å². The lowest BCUT2D eigenvalue weighted by Gasteiger charge is -2.11. The average molecular weight is 235 g/mol. The summed E-state index contributed by atoms with van der Waals surface area (Å²) in [6.07, 6.45) is 3.51. The van der Waals surface area contributed by atoms with Gasteiger partial charge in [0.15, 0.2) is 0 Å². The molecule has 1 heterocycles. The van der Waals surface area contributed by atoms with Crippen LogP contribution in [0.4, 0.5) is 0 Å². The molecule has 1 aromatic carbocycles. The van der Waals surface area contributed by atoms with Crippen LogP contribution in [0.3, 0.4) is 0 Å². The number of amidine groups is 1. The van der Waals surface area contributed by atoms with Crippen LogP contribution in [-0.4, -0.2) is 15.4 Å². The van der Waals surface area contributed by atoms with Crippen LogP contribution in [0.5, 0.6) is 0 Å². The molecule has 16 heavy (non-hydrogen) atoms. The zero-order valence-corrected chi connectivity index (χ0v) is 9.49. The number of hydrogen-bond donors (Lipinski definition) is 2. The molecule has 0 amide bonds. The van der Waals surface area contributed by atoms with E-state index in [0.717, 1.165) is 11.5 Å². The molecule has 0 aliphatic heterocycles. The van der Waals surface area contributed by atoms with Gasteiger partial charge in [-0.2, -0.15) is 0 Å². The Morgan fingerprint density at radius 1 is 1.50 bits per heavy atom. The summed E-state index contributed by atoms with van der Waals surface area (Å²) in [5.74, 6) is 0.776. The number of nitrogens with two attached hydrogens (primary N) is 1. The van der Waals surface area contributed by atoms with Gasteiger partial charge >= 0.3 is 0 Å². The fourth-order valence-corrected chi connectivity index (χ4v) is 1.88. The summed E-state index contributed by atoms with van der Waals surface area (Å²) in [5, 5.41) is 8.02. The molecule has 3 N–H and O–H groups in total. The van der Waals surface area contributed by atoms with E-state index >= 15 is 0 Å². The summed E-state index contributed by atoms with van der Waals surface area (Å²) in [5.41, 5.74) is 6.84. The zero-order valence-electron chi connectivity index (χ0n) is 8.74. The first-order valence-corrected chi connectivity index (χ1v) is 5.12. The van der Waals surface area contributed by atoms with Crippen molar-refractivity contribution in [2.75, 3.05) is 0 Å². The van der Waals surface area contributed by atoms with Crippen LogP contribution in [0, 0.1) is 12.3 Å². The molecule has 0 unspecified atom stereocenters. The number of nitrogens with zero attached hydrogens (tertiary/aromatic N) is 2. The van der Waals surface area contributed by atoms with Crippen molar-refractivity contribution in [3.63, 3.8) is 0 Å². The van der Waals surface area contributed by atoms with Crippen molar-refractivity contribution in [2.45, 2.75) is 6.92 Å². The van der Waals surface area contributed by atoms with Gasteiger partial charge in [0, 0.05) is 12.4 Å². The largest absolute Gasteiger partial charge is 0.384 e. The van der Waals surface area contributed by atoms with E-state index < -0.39 is 0 Å². The third kappa shape index (κ3) is 1.67. The van der Waals surface area contributed by atoms with Gasteiger partial charge in [-0.05, 0) is 19.1 Å². The molecule has 4 nitrogen and oxygen atoms in total. The summed E-state index contributed by atoms with van der Waals surface area (Å²) in [6, 6.07) is 5.40. The van der Waals surface area contributed by atoms with E-state index in [1.807, 2.05) is 29.8 Å². The first-order chi connectivity index (χ1) is 7.61. The summed E-state index contributed by atoms with van der Waals surface area (Å²) < 4.78 is 1.85. The summed E-state index contributed by atoms with van der Waals surface area (Å²) in [6.45, 7) is 1.88. The molecule has 0 saturated carbocycles. The van der Waals surface area contributed by atoms with E-state index in [4.69, 9.17) is 22.7 Å². The lowest BCUT2D eigenvalue weighted by molar-refractivity contribution is 0.971. The minimum absolute atomic E-state index is 0.0475. The van der Waals surface area contributed by atoms with Gasteiger partial charge in [-0.3, -0.25) is 5.41 Å². The second kappa shape index (κ2) is 3.98. The molecule has 0 bridgehead atoms. The number of aryl methyl sites for hydroxylation is 1. The van der Waals surface area contributed by atoms with Gasteiger partial charge in [0.05, 0.1) is 16.3 Å². The van der Waals surface area contributed by atoms with Crippen molar-refractivity contribution in [2.24, 2.45) is 5.73 Å². The minimum Gasteiger partial charge on any atom is -0.384 e. The maximum Gasteiger partial charge on any atom is 0.126 e. The number of rotatable bonds is 2. The van der Waals surface area contributed by atoms with Crippen molar-refractivity contribution in [1.82, 2.24) is 9.55 Å². The predicted molar refractivity (Wildman–Crippen MR) is 64.3 cm³/mol. The molecule has 0 aliphatic carbocycles. The molecule has 0 atom stereocenters. The number of nitrogens with one attached hydrogen (secondary N) is 1. The van der Waals surface area contributed by atoms with E-state index in [9.17, 15) is 0 Å². The number of halogens is 1. The molecule has 1 aromatic heterocycles. The molecule has 0 spiro atoms. The monoisotopic (exact) mass is 234 g/mol. The second-order valence-corrected chi connectivity index (χ2v) is 3.80. The van der Waals surface area contributed by atoms with Crippen molar-refractivity contribution >= 4 is 17.4 Å². The molecular formula is C11H11ClN4. The van der Waals surface area contributed by atoms with Crippen LogP contribution in [0.1, 0.15) is 11.4 Å². The molecule has 0 fully saturated rings. The van der Waals surface area contributed by atoms with Gasteiger partial charge in [-0.15, -0.1) is 0 Å². The molecular weight excluding hydrogens is 224 g/mol. The Hall–Kier alpha value is -1.81. The quantitative estimate of drug-likeness (QED) is 0.617. The highest BCUT2D eigenvalue weighted by molar-refractivity contribution is 6.34. The molecule has 5 heteroatoms. The lowest BCUT2D eigenvalue weighted by Crippen LogP contribution is -2.15. The number of aromatic nitrogens is 2. The second-order valence-electron chi connectivity index (χ2n) is 3.39. The molecule has 0 saturated heterocycles. The Labute approximate surface area is 98.2 Å². The van der Waals surface area contributed by atoms with Crippen molar-refractivity contribution in [1.29, 1.82) is 5.41 Å². The normalized spacial score (nSPS) is 10.4. The van der Waals surface area contributed by atoms with Gasteiger partial charge in [-0.1, -0.05) is 17.7 Å². The smallest absolute Gasteiger partial charge is 0.126 e. The topological polar surface area (TPSA) is 67.7 Å². The predicted octanol–water partition coefficient (Wildman–Crippen LogP) is 2.12. The van der Waals surface area contributed by atoms with Gasteiger partial charge in [-0.25, -0.2) is 4.98 Å². The van der Waals surface area contributed by atoms with Gasteiger partial charge in [0.25, 0.3) is 0 Å². The minimum atomic E-state index is -0.0475. The summed E-state index contributed by atoms with van der Waals surface area (Å²) in [4.78, 5) is 4.13. The van der Waals surface area contributed by atoms with Gasteiger partial charge in [0.2, 0.25) is 0 Å². The Bertz CT molecular complexity index is 545. The summed E-state index contributed by atoms with van der Waals surface area (Å²) in [7, 11) is 0. The maximum atomic E-state index is 7.55. The van der Waals surface area contributed by atoms with Crippen LogP contribution in [-0.2, 0) is 0 Å². The number of hydrogen-bond acceptors (Lipinski definition) is 2. The van der Waals surface area contributed by atoms with Crippen LogP contribution in [0.15, 0.2) is 30.6 Å². The highest BCUT2D eigenvalue weighted by Crippen LogP contribution is 2.23. The van der Waals surface area contributed by atoms with E-state index in [1.54, 1.807) is 12.3 Å². The van der Waals surface area contributed by atoms with Crippen LogP contribution in [0.25, 0.3) is 5.69 Å². The molecule has 2 rings (SSSR count). The third-order valence-corrected chi connectivity index (χ3v) is 2.66. The maximum absolute atomic E-state index is 7.55. The van der Waals surface area contributed by atoms with Gasteiger partial charge < -0.3 is 10.3 Å². The van der Waals surface area contributed by atoms with Crippen molar-refractivity contribution in [3.8, 4) is 5.69 Å². The van der Waals surface area contributed by atoms with Crippen LogP contribution in [0.2, 0.25) is 5.02 Å². The molecule has 82 valence electrons. The van der Waals surface area contributed by atoms with Crippen LogP contribution >= 0.6 is 11.6 Å². The standard InChI is InChI=1S/C11H11ClN4/c1-7-15-5-6-16(7)9-4-2-3-8(12)10(9)11(13)14/h2-6H,1H3,(H3,13,14). The third-order valence-electron chi connectivity index (χ3n) is 2.35. The van der Waals surface area contributed by atoms with Crippen molar-refractivity contribution in [3.05, 3.63) is 47.0 Å². The first kappa shape index (κ1) is 10.7. The summed E-state index contributed by atoms with van der Waals surface area (Å²) >= 11 is 6.04. The van der Waals surface area contributed by atoms with E-state index in [0.29, 0.717) is 10.6 Å². The fraction of sp³-hybridized carbons (Fsp3) is 0.0909. The van der Waals surface area contributed by atoms with E-state index in [2.05, 4.69) is 4.98 Å². The zero-order chi connectivity index (χ0) is 11.7. The fourth-order valence-electron chi connectivity index (χ4n) is 1.61. The Morgan fingerprint density at radius 3 is 2.81 bits per heavy atom. The number of nitrogen functional groups attached to an aromatic ring is 1. The SMILES string of the molecule is Cc1nccn1-c1cccc(Cl)c1C(=N)N. The molecule has 0 radical (unpaired) electrons.